The van der Waals surface area contributed by atoms with E-state index in [1.165, 1.54) is 5.56 Å². The number of nitrogens with one attached hydrogen (secondary N) is 2. The number of nitriles is 1. The van der Waals surface area contributed by atoms with E-state index < -0.39 is 5.91 Å². The molecule has 5 heteroatoms. The lowest BCUT2D eigenvalue weighted by atomic mass is 10.0. The van der Waals surface area contributed by atoms with E-state index in [-0.39, 0.29) is 11.6 Å². The molecule has 0 fully saturated rings. The van der Waals surface area contributed by atoms with Crippen molar-refractivity contribution in [3.63, 3.8) is 0 Å². The fourth-order valence-electron chi connectivity index (χ4n) is 2.94. The van der Waals surface area contributed by atoms with Gasteiger partial charge in [-0.2, -0.15) is 10.4 Å². The van der Waals surface area contributed by atoms with Gasteiger partial charge in [0.05, 0.1) is 17.9 Å². The Bertz CT molecular complexity index is 1010. The van der Waals surface area contributed by atoms with Crippen LogP contribution in [0, 0.1) is 11.3 Å². The molecule has 0 unspecified atom stereocenters. The van der Waals surface area contributed by atoms with E-state index in [1.807, 2.05) is 55.5 Å². The van der Waals surface area contributed by atoms with Crippen LogP contribution in [0.15, 0.2) is 66.4 Å². The predicted molar refractivity (Wildman–Crippen MR) is 110 cm³/mol. The molecule has 0 aliphatic rings. The minimum absolute atomic E-state index is 0.0376. The molecule has 28 heavy (non-hydrogen) atoms. The molecule has 0 saturated heterocycles. The van der Waals surface area contributed by atoms with Crippen molar-refractivity contribution >= 4 is 12.0 Å². The molecule has 5 nitrogen and oxygen atoms in total. The molecule has 0 aliphatic heterocycles. The van der Waals surface area contributed by atoms with Gasteiger partial charge in [-0.25, -0.2) is 0 Å². The Morgan fingerprint density at radius 3 is 2.57 bits per heavy atom. The number of carbonyl (C=O) groups excluding carboxylic acids is 1. The van der Waals surface area contributed by atoms with Gasteiger partial charge in [0.25, 0.3) is 5.91 Å². The van der Waals surface area contributed by atoms with Crippen LogP contribution >= 0.6 is 0 Å². The van der Waals surface area contributed by atoms with Crippen molar-refractivity contribution < 1.29 is 4.79 Å². The van der Waals surface area contributed by atoms with Gasteiger partial charge < -0.3 is 5.32 Å². The fourth-order valence-corrected chi connectivity index (χ4v) is 2.94. The van der Waals surface area contributed by atoms with E-state index in [1.54, 1.807) is 12.3 Å². The third-order valence-corrected chi connectivity index (χ3v) is 4.63. The number of nitrogens with zero attached hydrogens (tertiary/aromatic N) is 2. The molecule has 0 spiro atoms. The van der Waals surface area contributed by atoms with Crippen molar-refractivity contribution in [2.45, 2.75) is 26.3 Å². The minimum Gasteiger partial charge on any atom is -0.345 e. The highest BCUT2D eigenvalue weighted by Gasteiger charge is 2.15. The third kappa shape index (κ3) is 4.36. The Labute approximate surface area is 164 Å². The van der Waals surface area contributed by atoms with Gasteiger partial charge in [0.2, 0.25) is 0 Å². The Hall–Kier alpha value is -3.65. The van der Waals surface area contributed by atoms with Crippen molar-refractivity contribution in [3.05, 3.63) is 83.1 Å². The summed E-state index contributed by atoms with van der Waals surface area (Å²) < 4.78 is 0. The summed E-state index contributed by atoms with van der Waals surface area (Å²) >= 11 is 0. The zero-order chi connectivity index (χ0) is 19.9. The second kappa shape index (κ2) is 8.83. The number of hydrogen-bond acceptors (Lipinski definition) is 3. The summed E-state index contributed by atoms with van der Waals surface area (Å²) in [5.74, 6) is -0.408. The largest absolute Gasteiger partial charge is 0.345 e. The standard InChI is InChI=1S/C23H22N4O/c1-3-17-9-11-18(12-10-17)16(2)26-23(28)20(14-24)13-21-15-25-27-22(21)19-7-5-4-6-8-19/h4-13,15-16H,3H2,1-2H3,(H,25,27)(H,26,28)/b20-13+/t16-/m1/s1. The van der Waals surface area contributed by atoms with Crippen molar-refractivity contribution in [2.75, 3.05) is 0 Å². The number of H-pyrrole nitrogens is 1. The lowest BCUT2D eigenvalue weighted by Crippen LogP contribution is -2.27. The smallest absolute Gasteiger partial charge is 0.262 e. The SMILES string of the molecule is CCc1ccc([C@@H](C)NC(=O)/C(C#N)=C/c2cn[nH]c2-c2ccccc2)cc1. The molecule has 2 N–H and O–H groups in total. The number of carbonyl (C=O) groups is 1. The maximum atomic E-state index is 12.6. The lowest BCUT2D eigenvalue weighted by Gasteiger charge is -2.14. The van der Waals surface area contributed by atoms with Gasteiger partial charge in [-0.05, 0) is 30.5 Å². The second-order valence-electron chi connectivity index (χ2n) is 6.53. The zero-order valence-electron chi connectivity index (χ0n) is 15.9. The molecule has 1 atom stereocenters. The molecule has 3 rings (SSSR count). The van der Waals surface area contributed by atoms with Gasteiger partial charge in [-0.15, -0.1) is 0 Å². The van der Waals surface area contributed by atoms with Crippen LogP contribution in [0.2, 0.25) is 0 Å². The molecule has 140 valence electrons. The Morgan fingerprint density at radius 1 is 1.21 bits per heavy atom. The second-order valence-corrected chi connectivity index (χ2v) is 6.53. The first-order chi connectivity index (χ1) is 13.6. The molecule has 1 aromatic heterocycles. The van der Waals surface area contributed by atoms with E-state index in [2.05, 4.69) is 34.6 Å². The van der Waals surface area contributed by atoms with Crippen molar-refractivity contribution in [3.8, 4) is 17.3 Å². The first-order valence-corrected chi connectivity index (χ1v) is 9.22. The number of aromatic nitrogens is 2. The quantitative estimate of drug-likeness (QED) is 0.498. The monoisotopic (exact) mass is 370 g/mol. The van der Waals surface area contributed by atoms with Crippen LogP contribution < -0.4 is 5.32 Å². The molecule has 2 aromatic carbocycles. The van der Waals surface area contributed by atoms with E-state index in [4.69, 9.17) is 0 Å². The van der Waals surface area contributed by atoms with Crippen molar-refractivity contribution in [1.29, 1.82) is 5.26 Å². The molecule has 0 bridgehead atoms. The number of rotatable bonds is 6. The van der Waals surface area contributed by atoms with Crippen LogP contribution in [0.5, 0.6) is 0 Å². The Balaban J connectivity index is 1.79. The maximum absolute atomic E-state index is 12.6. The normalized spacial score (nSPS) is 12.2. The molecule has 1 amide bonds. The van der Waals surface area contributed by atoms with Gasteiger partial charge in [-0.1, -0.05) is 61.5 Å². The number of amides is 1. The summed E-state index contributed by atoms with van der Waals surface area (Å²) in [6.07, 6.45) is 4.14. The van der Waals surface area contributed by atoms with Crippen LogP contribution in [0.25, 0.3) is 17.3 Å². The van der Waals surface area contributed by atoms with Gasteiger partial charge in [0.15, 0.2) is 0 Å². The van der Waals surface area contributed by atoms with Crippen LogP contribution in [-0.2, 0) is 11.2 Å². The van der Waals surface area contributed by atoms with Gasteiger partial charge >= 0.3 is 0 Å². The van der Waals surface area contributed by atoms with Crippen molar-refractivity contribution in [1.82, 2.24) is 15.5 Å². The number of benzene rings is 2. The zero-order valence-corrected chi connectivity index (χ0v) is 15.9. The summed E-state index contributed by atoms with van der Waals surface area (Å²) in [4.78, 5) is 12.6. The summed E-state index contributed by atoms with van der Waals surface area (Å²) in [6, 6.07) is 19.6. The lowest BCUT2D eigenvalue weighted by molar-refractivity contribution is -0.117. The average Bonchev–Trinajstić information content (AvgIpc) is 3.20. The highest BCUT2D eigenvalue weighted by atomic mass is 16.1. The molecule has 0 radical (unpaired) electrons. The van der Waals surface area contributed by atoms with Crippen LogP contribution in [0.3, 0.4) is 0 Å². The Morgan fingerprint density at radius 2 is 1.93 bits per heavy atom. The van der Waals surface area contributed by atoms with Gasteiger partial charge in [0, 0.05) is 11.1 Å². The summed E-state index contributed by atoms with van der Waals surface area (Å²) in [5.41, 5.74) is 4.68. The first-order valence-electron chi connectivity index (χ1n) is 9.22. The summed E-state index contributed by atoms with van der Waals surface area (Å²) in [7, 11) is 0. The highest BCUT2D eigenvalue weighted by molar-refractivity contribution is 6.02. The van der Waals surface area contributed by atoms with Crippen molar-refractivity contribution in [2.24, 2.45) is 0 Å². The highest BCUT2D eigenvalue weighted by Crippen LogP contribution is 2.23. The van der Waals surface area contributed by atoms with Gasteiger partial charge in [0.1, 0.15) is 11.6 Å². The number of aromatic amines is 1. The molecule has 3 aromatic rings. The molecular weight excluding hydrogens is 348 g/mol. The summed E-state index contributed by atoms with van der Waals surface area (Å²) in [6.45, 7) is 4.00. The first kappa shape index (κ1) is 19.1. The van der Waals surface area contributed by atoms with Crippen LogP contribution in [0.4, 0.5) is 0 Å². The van der Waals surface area contributed by atoms with E-state index in [9.17, 15) is 10.1 Å². The molecular formula is C23H22N4O. The van der Waals surface area contributed by atoms with E-state index in [0.29, 0.717) is 5.56 Å². The summed E-state index contributed by atoms with van der Waals surface area (Å²) in [5, 5.41) is 19.4. The van der Waals surface area contributed by atoms with E-state index >= 15 is 0 Å². The molecule has 1 heterocycles. The Kier molecular flexibility index (Phi) is 6.03. The third-order valence-electron chi connectivity index (χ3n) is 4.63. The van der Waals surface area contributed by atoms with Crippen LogP contribution in [0.1, 0.15) is 36.6 Å². The topological polar surface area (TPSA) is 81.6 Å². The van der Waals surface area contributed by atoms with Gasteiger partial charge in [-0.3, -0.25) is 9.89 Å². The number of hydrogen-bond donors (Lipinski definition) is 2. The number of aryl methyl sites for hydroxylation is 1. The fraction of sp³-hybridized carbons (Fsp3) is 0.174. The molecule has 0 saturated carbocycles. The molecule has 0 aliphatic carbocycles. The van der Waals surface area contributed by atoms with E-state index in [0.717, 1.165) is 23.2 Å². The van der Waals surface area contributed by atoms with Crippen LogP contribution in [-0.4, -0.2) is 16.1 Å². The minimum atomic E-state index is -0.408. The average molecular weight is 370 g/mol. The predicted octanol–water partition coefficient (Wildman–Crippen LogP) is 4.42. The maximum Gasteiger partial charge on any atom is 0.262 e.